The quantitative estimate of drug-likeness (QED) is 0.403. The summed E-state index contributed by atoms with van der Waals surface area (Å²) in [6.45, 7) is 0. The van der Waals surface area contributed by atoms with Crippen molar-refractivity contribution < 1.29 is 4.42 Å². The summed E-state index contributed by atoms with van der Waals surface area (Å²) in [4.78, 5) is 0. The Morgan fingerprint density at radius 2 is 1.28 bits per heavy atom. The summed E-state index contributed by atoms with van der Waals surface area (Å²) in [5.74, 6) is 0. The predicted octanol–water partition coefficient (Wildman–Crippen LogP) is 6.85. The van der Waals surface area contributed by atoms with Crippen LogP contribution in [0.2, 0.25) is 25.1 Å². The molecule has 0 atom stereocenters. The standard InChI is InChI=1S/C12H3Cl5O/c13-5-1-4-8(2-6(5)14)18-9-3-7(15)11(16)12(17)10(4)9/h1-3H/i1+1,2+1,3+1,4+1,5+1,6+1,7+1,8+1,9+1,10+1,11+1,12+1. The summed E-state index contributed by atoms with van der Waals surface area (Å²) in [5.41, 5.74) is 1.13. The number of hydrogen-bond donors (Lipinski definition) is 0. The van der Waals surface area contributed by atoms with E-state index in [1.54, 1.807) is 18.2 Å². The van der Waals surface area contributed by atoms with Gasteiger partial charge in [0.15, 0.2) is 0 Å². The van der Waals surface area contributed by atoms with Crippen molar-refractivity contribution in [2.24, 2.45) is 0 Å². The Bertz CT molecular complexity index is 790. The van der Waals surface area contributed by atoms with E-state index >= 15 is 0 Å². The molecule has 0 fully saturated rings. The maximum absolute atomic E-state index is 6.19. The Kier molecular flexibility index (Phi) is 3.08. The van der Waals surface area contributed by atoms with Crippen LogP contribution in [0.3, 0.4) is 0 Å². The fourth-order valence-electron chi connectivity index (χ4n) is 1.83. The van der Waals surface area contributed by atoms with Gasteiger partial charge in [-0.1, -0.05) is 58.0 Å². The van der Waals surface area contributed by atoms with Crippen molar-refractivity contribution in [1.82, 2.24) is 0 Å². The molecule has 0 bridgehead atoms. The van der Waals surface area contributed by atoms with E-state index < -0.39 is 0 Å². The SMILES string of the molecule is Cl[13c]1[13cH][13c]2o[13c]3[13cH][13c](Cl)[13c](Cl)[13c](Cl)[13c]3[13c]2[13cH][13c]1Cl. The van der Waals surface area contributed by atoms with E-state index in [-0.39, 0.29) is 0 Å². The number of benzene rings is 2. The van der Waals surface area contributed by atoms with Crippen molar-refractivity contribution in [3.8, 4) is 0 Å². The number of hydrogen-bond acceptors (Lipinski definition) is 1. The van der Waals surface area contributed by atoms with E-state index in [1.165, 1.54) is 0 Å². The van der Waals surface area contributed by atoms with Gasteiger partial charge in [-0.05, 0) is 6.07 Å². The van der Waals surface area contributed by atoms with Crippen LogP contribution in [-0.2, 0) is 0 Å². The van der Waals surface area contributed by atoms with Crippen molar-refractivity contribution in [1.29, 1.82) is 0 Å². The van der Waals surface area contributed by atoms with Gasteiger partial charge in [0, 0.05) is 22.9 Å². The summed E-state index contributed by atoms with van der Waals surface area (Å²) >= 11 is 30.1. The summed E-state index contributed by atoms with van der Waals surface area (Å²) in [6, 6.07) is 4.95. The third kappa shape index (κ3) is 1.77. The van der Waals surface area contributed by atoms with E-state index in [2.05, 4.69) is 0 Å². The van der Waals surface area contributed by atoms with Crippen LogP contribution in [0.15, 0.2) is 22.6 Å². The van der Waals surface area contributed by atoms with Gasteiger partial charge in [0.05, 0.1) is 25.1 Å². The minimum absolute atomic E-state index is 0.291. The molecule has 0 aliphatic carbocycles. The van der Waals surface area contributed by atoms with Crippen LogP contribution in [0.1, 0.15) is 0 Å². The van der Waals surface area contributed by atoms with Crippen molar-refractivity contribution in [3.05, 3.63) is 43.3 Å². The minimum Gasteiger partial charge on any atom is -0.456 e. The zero-order chi connectivity index (χ0) is 13.0. The van der Waals surface area contributed by atoms with Gasteiger partial charge in [0.2, 0.25) is 0 Å². The Hall–Kier alpha value is -0.310. The first-order valence-electron chi connectivity index (χ1n) is 4.84. The molecule has 0 aliphatic heterocycles. The van der Waals surface area contributed by atoms with Gasteiger partial charge >= 0.3 is 0 Å². The normalized spacial score (nSPS) is 11.6. The molecule has 92 valence electrons. The van der Waals surface area contributed by atoms with Crippen molar-refractivity contribution in [3.63, 3.8) is 0 Å². The van der Waals surface area contributed by atoms with Crippen LogP contribution in [-0.4, -0.2) is 0 Å². The molecular formula is C12H3Cl5O. The maximum Gasteiger partial charge on any atom is 0.138 e. The van der Waals surface area contributed by atoms with E-state index in [4.69, 9.17) is 62.4 Å². The molecule has 0 radical (unpaired) electrons. The lowest BCUT2D eigenvalue weighted by Crippen LogP contribution is -1.75. The van der Waals surface area contributed by atoms with Crippen LogP contribution in [0.25, 0.3) is 21.9 Å². The van der Waals surface area contributed by atoms with Gasteiger partial charge in [-0.3, -0.25) is 0 Å². The molecule has 1 aromatic heterocycles. The zero-order valence-electron chi connectivity index (χ0n) is 8.53. The first kappa shape index (κ1) is 12.7. The molecule has 0 spiro atoms. The molecule has 1 heterocycles. The summed E-state index contributed by atoms with van der Waals surface area (Å²) in [6.07, 6.45) is 0. The highest BCUT2D eigenvalue weighted by Crippen LogP contribution is 2.43. The van der Waals surface area contributed by atoms with Gasteiger partial charge in [-0.15, -0.1) is 0 Å². The monoisotopic (exact) mass is 350 g/mol. The molecule has 1 nitrogen and oxygen atoms in total. The smallest absolute Gasteiger partial charge is 0.138 e. The molecular weight excluding hydrogens is 349 g/mol. The lowest BCUT2D eigenvalue weighted by atomic mass is 11.1. The number of halogens is 5. The van der Waals surface area contributed by atoms with Gasteiger partial charge in [0.1, 0.15) is 11.2 Å². The molecule has 0 amide bonds. The number of fused-ring (bicyclic) bond motifs is 3. The molecule has 3 rings (SSSR count). The molecule has 18 heavy (non-hydrogen) atoms. The summed E-state index contributed by atoms with van der Waals surface area (Å²) in [5, 5.41) is 3.24. The molecule has 0 aliphatic rings. The predicted molar refractivity (Wildman–Crippen MR) is 78.8 cm³/mol. The van der Waals surface area contributed by atoms with Crippen molar-refractivity contribution in [2.75, 3.05) is 0 Å². The lowest BCUT2D eigenvalue weighted by Gasteiger charge is -2.00. The van der Waals surface area contributed by atoms with Gasteiger partial charge in [0.25, 0.3) is 0 Å². The molecule has 6 heteroatoms. The second-order valence-corrected chi connectivity index (χ2v) is 5.70. The average molecular weight is 352 g/mol. The molecule has 0 unspecified atom stereocenters. The van der Waals surface area contributed by atoms with E-state index in [9.17, 15) is 0 Å². The van der Waals surface area contributed by atoms with Crippen LogP contribution in [0.4, 0.5) is 0 Å². The van der Waals surface area contributed by atoms with Gasteiger partial charge in [-0.25, -0.2) is 0 Å². The molecule has 2 aromatic carbocycles. The molecule has 0 saturated carbocycles. The molecule has 0 saturated heterocycles. The van der Waals surface area contributed by atoms with Crippen molar-refractivity contribution in [2.45, 2.75) is 0 Å². The highest BCUT2D eigenvalue weighted by molar-refractivity contribution is 6.51. The highest BCUT2D eigenvalue weighted by atomic mass is 35.5. The second kappa shape index (κ2) is 4.36. The zero-order valence-corrected chi connectivity index (χ0v) is 12.3. The van der Waals surface area contributed by atoms with E-state index in [1.807, 2.05) is 0 Å². The third-order valence-corrected chi connectivity index (χ3v) is 4.62. The van der Waals surface area contributed by atoms with Crippen LogP contribution < -0.4 is 0 Å². The van der Waals surface area contributed by atoms with Crippen LogP contribution in [0.5, 0.6) is 0 Å². The van der Waals surface area contributed by atoms with Crippen molar-refractivity contribution >= 4 is 79.9 Å². The third-order valence-electron chi connectivity index (χ3n) is 2.64. The Balaban J connectivity index is 2.57. The Labute approximate surface area is 127 Å². The minimum atomic E-state index is 0.291. The van der Waals surface area contributed by atoms with Crippen LogP contribution in [0, 0.1) is 0 Å². The van der Waals surface area contributed by atoms with Gasteiger partial charge < -0.3 is 4.42 Å². The average Bonchev–Trinajstić information content (AvgIpc) is 2.64. The fourth-order valence-corrected chi connectivity index (χ4v) is 2.84. The molecule has 0 N–H and O–H groups in total. The van der Waals surface area contributed by atoms with Gasteiger partial charge in [-0.2, -0.15) is 0 Å². The fraction of sp³-hybridized carbons (Fsp3) is 0. The lowest BCUT2D eigenvalue weighted by molar-refractivity contribution is 0.669. The van der Waals surface area contributed by atoms with Crippen LogP contribution >= 0.6 is 58.0 Å². The first-order valence-corrected chi connectivity index (χ1v) is 6.73. The summed E-state index contributed by atoms with van der Waals surface area (Å²) in [7, 11) is 0. The topological polar surface area (TPSA) is 13.1 Å². The summed E-state index contributed by atoms with van der Waals surface area (Å²) < 4.78 is 5.63. The largest absolute Gasteiger partial charge is 0.456 e. The maximum atomic E-state index is 6.19. The van der Waals surface area contributed by atoms with E-state index in [0.717, 1.165) is 5.39 Å². The highest BCUT2D eigenvalue weighted by Gasteiger charge is 2.17. The number of furan rings is 1. The first-order chi connectivity index (χ1) is 8.49. The Morgan fingerprint density at radius 1 is 0.667 bits per heavy atom. The number of rotatable bonds is 0. The Morgan fingerprint density at radius 3 is 2.00 bits per heavy atom. The van der Waals surface area contributed by atoms with E-state index in [0.29, 0.717) is 41.7 Å². The molecule has 3 aromatic rings. The second-order valence-electron chi connectivity index (χ2n) is 3.72.